The van der Waals surface area contributed by atoms with Gasteiger partial charge in [0.25, 0.3) is 10.0 Å². The quantitative estimate of drug-likeness (QED) is 0.506. The van der Waals surface area contributed by atoms with Crippen LogP contribution in [0.15, 0.2) is 59.9 Å². The number of anilines is 2. The van der Waals surface area contributed by atoms with Gasteiger partial charge in [-0.05, 0) is 36.2 Å². The van der Waals surface area contributed by atoms with Crippen LogP contribution < -0.4 is 10.0 Å². The van der Waals surface area contributed by atoms with Crippen molar-refractivity contribution in [2.45, 2.75) is 24.3 Å². The normalized spacial score (nSPS) is 12.4. The smallest absolute Gasteiger partial charge is 0.266 e. The summed E-state index contributed by atoms with van der Waals surface area (Å²) in [5, 5.41) is 3.75. The largest absolute Gasteiger partial charge is 0.377 e. The number of nitrogens with zero attached hydrogens (tertiary/aromatic N) is 2. The summed E-state index contributed by atoms with van der Waals surface area (Å²) in [7, 11) is -4.22. The van der Waals surface area contributed by atoms with Crippen LogP contribution in [0.3, 0.4) is 0 Å². The topological polar surface area (TPSA) is 84.0 Å². The molecule has 152 valence electrons. The minimum absolute atomic E-state index is 0.0162. The predicted octanol–water partition coefficient (Wildman–Crippen LogP) is 5.29. The lowest BCUT2D eigenvalue weighted by Crippen LogP contribution is -2.16. The lowest BCUT2D eigenvalue weighted by Gasteiger charge is -2.21. The van der Waals surface area contributed by atoms with Gasteiger partial charge in [-0.15, -0.1) is 0 Å². The second kappa shape index (κ2) is 8.94. The van der Waals surface area contributed by atoms with Gasteiger partial charge in [0.1, 0.15) is 22.9 Å². The lowest BCUT2D eigenvalue weighted by atomic mass is 10.0. The van der Waals surface area contributed by atoms with E-state index in [4.69, 9.17) is 23.2 Å². The van der Waals surface area contributed by atoms with Gasteiger partial charge in [0.05, 0.1) is 16.8 Å². The molecule has 0 aliphatic rings. The Morgan fingerprint density at radius 3 is 2.55 bits per heavy atom. The summed E-state index contributed by atoms with van der Waals surface area (Å²) in [5.41, 5.74) is 1.09. The molecule has 0 aliphatic heterocycles. The summed E-state index contributed by atoms with van der Waals surface area (Å²) in [6, 6.07) is 10.5. The minimum Gasteiger partial charge on any atom is -0.377 e. The Balaban J connectivity index is 1.90. The van der Waals surface area contributed by atoms with Crippen molar-refractivity contribution in [2.75, 3.05) is 10.0 Å². The number of aromatic nitrogens is 2. The number of benzene rings is 2. The van der Waals surface area contributed by atoms with Gasteiger partial charge in [0.2, 0.25) is 0 Å². The SMILES string of the molecule is CC[C@H](Nc1cc(F)c(S(=O)(=O)Nc2ccncn2)cc1Cl)c1ccccc1Cl. The lowest BCUT2D eigenvalue weighted by molar-refractivity contribution is 0.570. The molecule has 0 aliphatic carbocycles. The molecule has 3 aromatic rings. The number of sulfonamides is 1. The summed E-state index contributed by atoms with van der Waals surface area (Å²) in [6.07, 6.45) is 3.19. The average molecular weight is 455 g/mol. The molecule has 1 aromatic heterocycles. The van der Waals surface area contributed by atoms with Crippen molar-refractivity contribution < 1.29 is 12.8 Å². The van der Waals surface area contributed by atoms with Crippen molar-refractivity contribution in [3.63, 3.8) is 0 Å². The van der Waals surface area contributed by atoms with E-state index >= 15 is 0 Å². The molecular weight excluding hydrogens is 438 g/mol. The summed E-state index contributed by atoms with van der Waals surface area (Å²) >= 11 is 12.5. The van der Waals surface area contributed by atoms with Gasteiger partial charge in [0.15, 0.2) is 0 Å². The minimum atomic E-state index is -4.22. The zero-order valence-corrected chi connectivity index (χ0v) is 17.6. The summed E-state index contributed by atoms with van der Waals surface area (Å²) < 4.78 is 41.9. The molecule has 6 nitrogen and oxygen atoms in total. The molecule has 1 atom stereocenters. The molecule has 0 unspecified atom stereocenters. The second-order valence-electron chi connectivity index (χ2n) is 6.09. The van der Waals surface area contributed by atoms with Crippen LogP contribution in [0.25, 0.3) is 0 Å². The van der Waals surface area contributed by atoms with Crippen molar-refractivity contribution in [3.05, 3.63) is 76.4 Å². The van der Waals surface area contributed by atoms with Gasteiger partial charge in [-0.1, -0.05) is 48.3 Å². The fraction of sp³-hybridized carbons (Fsp3) is 0.158. The van der Waals surface area contributed by atoms with Crippen LogP contribution in [0.5, 0.6) is 0 Å². The monoisotopic (exact) mass is 454 g/mol. The highest BCUT2D eigenvalue weighted by Gasteiger charge is 2.23. The molecular formula is C19H17Cl2FN4O2S. The highest BCUT2D eigenvalue weighted by Crippen LogP contribution is 2.34. The Labute approximate surface area is 178 Å². The van der Waals surface area contributed by atoms with E-state index in [1.165, 1.54) is 18.6 Å². The zero-order valence-electron chi connectivity index (χ0n) is 15.2. The van der Waals surface area contributed by atoms with E-state index in [1.807, 2.05) is 25.1 Å². The third-order valence-electron chi connectivity index (χ3n) is 4.15. The van der Waals surface area contributed by atoms with Crippen molar-refractivity contribution in [3.8, 4) is 0 Å². The molecule has 0 bridgehead atoms. The van der Waals surface area contributed by atoms with Gasteiger partial charge in [0, 0.05) is 11.2 Å². The van der Waals surface area contributed by atoms with Gasteiger partial charge >= 0.3 is 0 Å². The molecule has 0 radical (unpaired) electrons. The van der Waals surface area contributed by atoms with E-state index in [0.29, 0.717) is 11.4 Å². The summed E-state index contributed by atoms with van der Waals surface area (Å²) in [5.74, 6) is -0.935. The number of hydrogen-bond donors (Lipinski definition) is 2. The predicted molar refractivity (Wildman–Crippen MR) is 112 cm³/mol. The van der Waals surface area contributed by atoms with Crippen LogP contribution >= 0.6 is 23.2 Å². The molecule has 29 heavy (non-hydrogen) atoms. The number of nitrogens with one attached hydrogen (secondary N) is 2. The Morgan fingerprint density at radius 1 is 1.14 bits per heavy atom. The van der Waals surface area contributed by atoms with E-state index in [1.54, 1.807) is 6.07 Å². The number of hydrogen-bond acceptors (Lipinski definition) is 5. The average Bonchev–Trinajstić information content (AvgIpc) is 2.69. The Bertz CT molecular complexity index is 1110. The summed E-state index contributed by atoms with van der Waals surface area (Å²) in [4.78, 5) is 6.88. The van der Waals surface area contributed by atoms with Crippen molar-refractivity contribution in [1.82, 2.24) is 9.97 Å². The molecule has 3 rings (SSSR count). The van der Waals surface area contributed by atoms with Gasteiger partial charge in [-0.25, -0.2) is 22.8 Å². The fourth-order valence-corrected chi connectivity index (χ4v) is 4.38. The first-order valence-corrected chi connectivity index (χ1v) is 10.8. The van der Waals surface area contributed by atoms with Gasteiger partial charge in [-0.2, -0.15) is 0 Å². The van der Waals surface area contributed by atoms with Gasteiger partial charge < -0.3 is 5.32 Å². The first-order chi connectivity index (χ1) is 13.8. The molecule has 2 aromatic carbocycles. The van der Waals surface area contributed by atoms with E-state index in [0.717, 1.165) is 17.7 Å². The van der Waals surface area contributed by atoms with Gasteiger partial charge in [-0.3, -0.25) is 4.72 Å². The number of halogens is 3. The fourth-order valence-electron chi connectivity index (χ4n) is 2.73. The van der Waals surface area contributed by atoms with Crippen LogP contribution in [0.4, 0.5) is 15.9 Å². The molecule has 0 saturated heterocycles. The molecule has 0 spiro atoms. The molecule has 0 saturated carbocycles. The Kier molecular flexibility index (Phi) is 6.56. The zero-order chi connectivity index (χ0) is 21.0. The molecule has 0 amide bonds. The van der Waals surface area contributed by atoms with Crippen LogP contribution in [-0.2, 0) is 10.0 Å². The first-order valence-electron chi connectivity index (χ1n) is 8.60. The van der Waals surface area contributed by atoms with E-state index in [2.05, 4.69) is 20.0 Å². The molecule has 1 heterocycles. The maximum atomic E-state index is 14.7. The van der Waals surface area contributed by atoms with Crippen molar-refractivity contribution in [2.24, 2.45) is 0 Å². The van der Waals surface area contributed by atoms with E-state index < -0.39 is 20.7 Å². The van der Waals surface area contributed by atoms with E-state index in [9.17, 15) is 12.8 Å². The molecule has 2 N–H and O–H groups in total. The van der Waals surface area contributed by atoms with Crippen LogP contribution in [0.1, 0.15) is 24.9 Å². The maximum absolute atomic E-state index is 14.7. The van der Waals surface area contributed by atoms with E-state index in [-0.39, 0.29) is 22.6 Å². The third-order valence-corrected chi connectivity index (χ3v) is 6.18. The highest BCUT2D eigenvalue weighted by atomic mass is 35.5. The molecule has 10 heteroatoms. The van der Waals surface area contributed by atoms with Crippen molar-refractivity contribution >= 4 is 44.7 Å². The Morgan fingerprint density at radius 2 is 1.90 bits per heavy atom. The summed E-state index contributed by atoms with van der Waals surface area (Å²) in [6.45, 7) is 1.94. The third kappa shape index (κ3) is 4.95. The van der Waals surface area contributed by atoms with Crippen LogP contribution in [-0.4, -0.2) is 18.4 Å². The van der Waals surface area contributed by atoms with Crippen LogP contribution in [0, 0.1) is 5.82 Å². The second-order valence-corrected chi connectivity index (χ2v) is 8.55. The maximum Gasteiger partial charge on any atom is 0.266 e. The first kappa shape index (κ1) is 21.3. The molecule has 0 fully saturated rings. The standard InChI is InChI=1S/C19H17Cl2FN4O2S/c1-2-16(12-5-3-4-6-13(12)20)25-17-10-15(22)18(9-14(17)21)29(27,28)26-19-7-8-23-11-24-19/h3-11,16,25H,2H2,1H3,(H,23,24,26)/t16-/m0/s1. The number of rotatable bonds is 7. The Hall–Kier alpha value is -2.42. The van der Waals surface area contributed by atoms with Crippen molar-refractivity contribution in [1.29, 1.82) is 0 Å². The highest BCUT2D eigenvalue weighted by molar-refractivity contribution is 7.92. The van der Waals surface area contributed by atoms with Crippen LogP contribution in [0.2, 0.25) is 10.0 Å².